The van der Waals surface area contributed by atoms with Gasteiger partial charge in [0.1, 0.15) is 0 Å². The van der Waals surface area contributed by atoms with Gasteiger partial charge in [-0.25, -0.2) is 4.99 Å². The van der Waals surface area contributed by atoms with Crippen LogP contribution in [0, 0.1) is 6.92 Å². The molecule has 1 aliphatic heterocycles. The number of fused-ring (bicyclic) bond motifs is 1. The Balaban J connectivity index is 1.84. The lowest BCUT2D eigenvalue weighted by molar-refractivity contribution is 0.881. The Morgan fingerprint density at radius 3 is 3.05 bits per heavy atom. The van der Waals surface area contributed by atoms with Gasteiger partial charge in [0.25, 0.3) is 0 Å². The summed E-state index contributed by atoms with van der Waals surface area (Å²) in [4.78, 5) is 7.04. The van der Waals surface area contributed by atoms with E-state index >= 15 is 0 Å². The van der Waals surface area contributed by atoms with E-state index in [1.807, 2.05) is 13.1 Å². The van der Waals surface area contributed by atoms with E-state index in [2.05, 4.69) is 51.6 Å². The second-order valence-electron chi connectivity index (χ2n) is 5.22. The molecule has 1 aromatic carbocycles. The molecule has 0 amide bonds. The average Bonchev–Trinajstić information content (AvgIpc) is 3.10. The molecule has 0 atom stereocenters. The Bertz CT molecular complexity index is 644. The van der Waals surface area contributed by atoms with Crippen LogP contribution in [0.3, 0.4) is 0 Å². The number of nitrogens with zero attached hydrogens (tertiary/aromatic N) is 3. The third kappa shape index (κ3) is 2.77. The van der Waals surface area contributed by atoms with Crippen LogP contribution in [-0.4, -0.2) is 29.2 Å². The highest BCUT2D eigenvalue weighted by atomic mass is 15.3. The Morgan fingerprint density at radius 1 is 1.43 bits per heavy atom. The van der Waals surface area contributed by atoms with Crippen LogP contribution in [0.5, 0.6) is 0 Å². The van der Waals surface area contributed by atoms with Crippen molar-refractivity contribution >= 4 is 11.6 Å². The summed E-state index contributed by atoms with van der Waals surface area (Å²) in [6, 6.07) is 8.54. The quantitative estimate of drug-likeness (QED) is 0.671. The number of aromatic amines is 1. The van der Waals surface area contributed by atoms with Crippen molar-refractivity contribution in [3.05, 3.63) is 47.3 Å². The summed E-state index contributed by atoms with van der Waals surface area (Å²) in [5, 5.41) is 10.4. The molecule has 0 unspecified atom stereocenters. The van der Waals surface area contributed by atoms with Crippen molar-refractivity contribution in [1.82, 2.24) is 15.5 Å². The van der Waals surface area contributed by atoms with Crippen molar-refractivity contribution in [2.24, 2.45) is 4.99 Å². The average molecular weight is 283 g/mol. The molecule has 0 saturated carbocycles. The first-order chi connectivity index (χ1) is 10.3. The summed E-state index contributed by atoms with van der Waals surface area (Å²) in [6.07, 6.45) is 2.92. The largest absolute Gasteiger partial charge is 0.356 e. The lowest BCUT2D eigenvalue weighted by Crippen LogP contribution is -2.40. The number of para-hydroxylation sites is 1. The first-order valence-corrected chi connectivity index (χ1v) is 7.42. The monoisotopic (exact) mass is 283 g/mol. The molecule has 3 rings (SSSR count). The molecule has 2 aromatic rings. The van der Waals surface area contributed by atoms with Crippen molar-refractivity contribution in [2.45, 2.75) is 26.8 Å². The number of rotatable bonds is 3. The number of H-pyrrole nitrogens is 1. The summed E-state index contributed by atoms with van der Waals surface area (Å²) in [5.41, 5.74) is 4.87. The molecule has 0 fully saturated rings. The fourth-order valence-electron chi connectivity index (χ4n) is 2.65. The van der Waals surface area contributed by atoms with Crippen LogP contribution in [0.4, 0.5) is 5.69 Å². The smallest absolute Gasteiger partial charge is 0.198 e. The second kappa shape index (κ2) is 5.99. The molecule has 0 aliphatic carbocycles. The Hall–Kier alpha value is -2.30. The molecule has 2 N–H and O–H groups in total. The normalized spacial score (nSPS) is 14.4. The first kappa shape index (κ1) is 13.7. The topological polar surface area (TPSA) is 56.3 Å². The van der Waals surface area contributed by atoms with E-state index in [0.717, 1.165) is 36.7 Å². The number of anilines is 1. The standard InChI is InChI=1S/C16H21N5/c1-3-17-16(18-10-14-11-19-20-12(14)2)21-9-8-13-6-4-5-7-15(13)21/h4-7,11H,3,8-10H2,1-2H3,(H,17,18)(H,19,20). The van der Waals surface area contributed by atoms with E-state index in [1.54, 1.807) is 0 Å². The van der Waals surface area contributed by atoms with Crippen molar-refractivity contribution in [1.29, 1.82) is 0 Å². The van der Waals surface area contributed by atoms with Crippen LogP contribution in [0.2, 0.25) is 0 Å². The van der Waals surface area contributed by atoms with Gasteiger partial charge in [0, 0.05) is 30.0 Å². The van der Waals surface area contributed by atoms with Crippen LogP contribution >= 0.6 is 0 Å². The maximum Gasteiger partial charge on any atom is 0.198 e. The highest BCUT2D eigenvalue weighted by Crippen LogP contribution is 2.27. The second-order valence-corrected chi connectivity index (χ2v) is 5.22. The summed E-state index contributed by atoms with van der Waals surface area (Å²) in [7, 11) is 0. The van der Waals surface area contributed by atoms with Gasteiger partial charge in [0.2, 0.25) is 0 Å². The Labute approximate surface area is 125 Å². The zero-order valence-corrected chi connectivity index (χ0v) is 12.6. The fraction of sp³-hybridized carbons (Fsp3) is 0.375. The van der Waals surface area contributed by atoms with E-state index in [4.69, 9.17) is 4.99 Å². The fourth-order valence-corrected chi connectivity index (χ4v) is 2.65. The van der Waals surface area contributed by atoms with Gasteiger partial charge < -0.3 is 10.2 Å². The van der Waals surface area contributed by atoms with Crippen LogP contribution in [0.15, 0.2) is 35.5 Å². The van der Waals surface area contributed by atoms with Crippen molar-refractivity contribution in [2.75, 3.05) is 18.0 Å². The SMILES string of the molecule is CCNC(=NCc1cn[nH]c1C)N1CCc2ccccc21. The first-order valence-electron chi connectivity index (χ1n) is 7.42. The number of nitrogens with one attached hydrogen (secondary N) is 2. The minimum atomic E-state index is 0.642. The van der Waals surface area contributed by atoms with Crippen LogP contribution in [-0.2, 0) is 13.0 Å². The Morgan fingerprint density at radius 2 is 2.29 bits per heavy atom. The lowest BCUT2D eigenvalue weighted by Gasteiger charge is -2.22. The van der Waals surface area contributed by atoms with Gasteiger partial charge in [0.05, 0.1) is 12.7 Å². The number of guanidine groups is 1. The van der Waals surface area contributed by atoms with E-state index < -0.39 is 0 Å². The van der Waals surface area contributed by atoms with Gasteiger partial charge in [0.15, 0.2) is 5.96 Å². The summed E-state index contributed by atoms with van der Waals surface area (Å²) < 4.78 is 0. The number of hydrogen-bond donors (Lipinski definition) is 2. The van der Waals surface area contributed by atoms with Gasteiger partial charge >= 0.3 is 0 Å². The van der Waals surface area contributed by atoms with Gasteiger partial charge in [-0.05, 0) is 31.9 Å². The molecule has 1 aromatic heterocycles. The highest BCUT2D eigenvalue weighted by Gasteiger charge is 2.22. The van der Waals surface area contributed by atoms with Crippen molar-refractivity contribution in [3.8, 4) is 0 Å². The molecule has 110 valence electrons. The van der Waals surface area contributed by atoms with Crippen LogP contribution in [0.1, 0.15) is 23.7 Å². The number of hydrogen-bond acceptors (Lipinski definition) is 2. The molecule has 0 bridgehead atoms. The van der Waals surface area contributed by atoms with Crippen molar-refractivity contribution in [3.63, 3.8) is 0 Å². The molecule has 0 radical (unpaired) electrons. The molecule has 0 saturated heterocycles. The Kier molecular flexibility index (Phi) is 3.90. The lowest BCUT2D eigenvalue weighted by atomic mass is 10.2. The minimum Gasteiger partial charge on any atom is -0.356 e. The molecule has 21 heavy (non-hydrogen) atoms. The maximum atomic E-state index is 4.77. The molecule has 1 aliphatic rings. The molecular formula is C16H21N5. The number of aliphatic imine (C=N–C) groups is 1. The van der Waals surface area contributed by atoms with E-state index in [9.17, 15) is 0 Å². The van der Waals surface area contributed by atoms with Gasteiger partial charge in [-0.2, -0.15) is 5.10 Å². The van der Waals surface area contributed by atoms with Crippen LogP contribution < -0.4 is 10.2 Å². The van der Waals surface area contributed by atoms with Crippen LogP contribution in [0.25, 0.3) is 0 Å². The maximum absolute atomic E-state index is 4.77. The van der Waals surface area contributed by atoms with Crippen molar-refractivity contribution < 1.29 is 0 Å². The highest BCUT2D eigenvalue weighted by molar-refractivity contribution is 5.97. The van der Waals surface area contributed by atoms with Gasteiger partial charge in [-0.3, -0.25) is 5.10 Å². The predicted molar refractivity (Wildman–Crippen MR) is 85.6 cm³/mol. The van der Waals surface area contributed by atoms with E-state index in [-0.39, 0.29) is 0 Å². The molecular weight excluding hydrogens is 262 g/mol. The van der Waals surface area contributed by atoms with Gasteiger partial charge in [-0.1, -0.05) is 18.2 Å². The van der Waals surface area contributed by atoms with E-state index in [1.165, 1.54) is 11.3 Å². The molecule has 5 heteroatoms. The number of aromatic nitrogens is 2. The number of aryl methyl sites for hydroxylation is 1. The summed E-state index contributed by atoms with van der Waals surface area (Å²) >= 11 is 0. The molecule has 0 spiro atoms. The molecule has 2 heterocycles. The third-order valence-corrected chi connectivity index (χ3v) is 3.81. The zero-order valence-electron chi connectivity index (χ0n) is 12.6. The summed E-state index contributed by atoms with van der Waals surface area (Å²) in [5.74, 6) is 0.947. The summed E-state index contributed by atoms with van der Waals surface area (Å²) in [6.45, 7) is 6.61. The van der Waals surface area contributed by atoms with Gasteiger partial charge in [-0.15, -0.1) is 0 Å². The minimum absolute atomic E-state index is 0.642. The zero-order chi connectivity index (χ0) is 14.7. The molecule has 5 nitrogen and oxygen atoms in total. The predicted octanol–water partition coefficient (Wildman–Crippen LogP) is 2.25. The number of benzene rings is 1. The van der Waals surface area contributed by atoms with E-state index in [0.29, 0.717) is 6.54 Å². The third-order valence-electron chi connectivity index (χ3n) is 3.81.